The highest BCUT2D eigenvalue weighted by Gasteiger charge is 2.34. The van der Waals surface area contributed by atoms with Gasteiger partial charge >= 0.3 is 0 Å². The van der Waals surface area contributed by atoms with Crippen molar-refractivity contribution in [3.05, 3.63) is 30.1 Å². The minimum absolute atomic E-state index is 0.117. The first-order chi connectivity index (χ1) is 10.2. The zero-order valence-corrected chi connectivity index (χ0v) is 12.1. The molecule has 2 aliphatic heterocycles. The fourth-order valence-corrected chi connectivity index (χ4v) is 3.46. The Morgan fingerprint density at radius 2 is 2.24 bits per heavy atom. The van der Waals surface area contributed by atoms with E-state index in [1.165, 1.54) is 18.9 Å². The number of para-hydroxylation sites is 1. The number of hydrogen-bond donors (Lipinski definition) is 2. The van der Waals surface area contributed by atoms with Crippen molar-refractivity contribution in [2.45, 2.75) is 25.3 Å². The molecule has 2 heterocycles. The summed E-state index contributed by atoms with van der Waals surface area (Å²) >= 11 is 0. The number of nitrogens with zero attached hydrogens (tertiary/aromatic N) is 1. The van der Waals surface area contributed by atoms with E-state index in [4.69, 9.17) is 0 Å². The predicted octanol–water partition coefficient (Wildman–Crippen LogP) is 1.84. The normalized spacial score (nSPS) is 25.6. The molecule has 1 aromatic carbocycles. The molecule has 3 rings (SSSR count). The van der Waals surface area contributed by atoms with Crippen molar-refractivity contribution >= 4 is 11.6 Å². The van der Waals surface area contributed by atoms with Gasteiger partial charge in [0.25, 0.3) is 0 Å². The van der Waals surface area contributed by atoms with Gasteiger partial charge in [-0.25, -0.2) is 4.39 Å². The van der Waals surface area contributed by atoms with Gasteiger partial charge < -0.3 is 10.6 Å². The highest BCUT2D eigenvalue weighted by atomic mass is 19.1. The Morgan fingerprint density at radius 1 is 1.38 bits per heavy atom. The minimum atomic E-state index is -0.385. The number of carbonyl (C=O) groups excluding carboxylic acids is 1. The lowest BCUT2D eigenvalue weighted by Crippen LogP contribution is -2.46. The lowest BCUT2D eigenvalue weighted by molar-refractivity contribution is -0.116. The maximum absolute atomic E-state index is 13.5. The van der Waals surface area contributed by atoms with Gasteiger partial charge in [-0.15, -0.1) is 0 Å². The Labute approximate surface area is 124 Å². The number of likely N-dealkylation sites (tertiary alicyclic amines) is 1. The number of hydrogen-bond acceptors (Lipinski definition) is 3. The summed E-state index contributed by atoms with van der Waals surface area (Å²) in [6.45, 7) is 3.95. The van der Waals surface area contributed by atoms with E-state index in [9.17, 15) is 9.18 Å². The molecular formula is C16H22FN3O. The first-order valence-corrected chi connectivity index (χ1v) is 7.73. The van der Waals surface area contributed by atoms with Crippen molar-refractivity contribution in [1.29, 1.82) is 0 Å². The van der Waals surface area contributed by atoms with Crippen molar-refractivity contribution in [1.82, 2.24) is 10.2 Å². The van der Waals surface area contributed by atoms with Crippen molar-refractivity contribution in [3.8, 4) is 0 Å². The summed E-state index contributed by atoms with van der Waals surface area (Å²) in [6, 6.07) is 6.85. The van der Waals surface area contributed by atoms with Crippen molar-refractivity contribution < 1.29 is 9.18 Å². The number of nitrogens with one attached hydrogen (secondary N) is 2. The number of piperidine rings is 1. The van der Waals surface area contributed by atoms with Crippen LogP contribution in [0.3, 0.4) is 0 Å². The van der Waals surface area contributed by atoms with Crippen LogP contribution in [0.2, 0.25) is 0 Å². The molecule has 0 spiro atoms. The van der Waals surface area contributed by atoms with Crippen LogP contribution in [0.15, 0.2) is 24.3 Å². The fraction of sp³-hybridized carbons (Fsp3) is 0.562. The van der Waals surface area contributed by atoms with Gasteiger partial charge in [0, 0.05) is 25.6 Å². The van der Waals surface area contributed by atoms with Gasteiger partial charge in [0.1, 0.15) is 5.82 Å². The van der Waals surface area contributed by atoms with E-state index < -0.39 is 0 Å². The van der Waals surface area contributed by atoms with Crippen LogP contribution in [0.4, 0.5) is 10.1 Å². The minimum Gasteiger partial charge on any atom is -0.324 e. The van der Waals surface area contributed by atoms with E-state index >= 15 is 0 Å². The van der Waals surface area contributed by atoms with Crippen molar-refractivity contribution in [3.63, 3.8) is 0 Å². The molecule has 2 unspecified atom stereocenters. The van der Waals surface area contributed by atoms with Crippen LogP contribution in [-0.4, -0.2) is 43.0 Å². The fourth-order valence-electron chi connectivity index (χ4n) is 3.46. The number of anilines is 1. The SMILES string of the molecule is O=C(CCN1CCCC2CNCC21)Nc1ccccc1F. The molecule has 5 heteroatoms. The summed E-state index contributed by atoms with van der Waals surface area (Å²) in [7, 11) is 0. The molecule has 0 radical (unpaired) electrons. The van der Waals surface area contributed by atoms with E-state index in [1.54, 1.807) is 18.2 Å². The zero-order valence-electron chi connectivity index (χ0n) is 12.1. The molecule has 21 heavy (non-hydrogen) atoms. The number of rotatable bonds is 4. The van der Waals surface area contributed by atoms with E-state index in [-0.39, 0.29) is 17.4 Å². The zero-order chi connectivity index (χ0) is 14.7. The van der Waals surface area contributed by atoms with E-state index in [0.29, 0.717) is 12.5 Å². The third-order valence-electron chi connectivity index (χ3n) is 4.57. The highest BCUT2D eigenvalue weighted by molar-refractivity contribution is 5.90. The first kappa shape index (κ1) is 14.5. The van der Waals surface area contributed by atoms with Crippen LogP contribution in [0, 0.1) is 11.7 Å². The monoisotopic (exact) mass is 291 g/mol. The van der Waals surface area contributed by atoms with Crippen LogP contribution in [-0.2, 0) is 4.79 Å². The molecule has 2 fully saturated rings. The Morgan fingerprint density at radius 3 is 3.10 bits per heavy atom. The Bertz CT molecular complexity index is 508. The van der Waals surface area contributed by atoms with E-state index in [1.807, 2.05) is 0 Å². The molecule has 0 aromatic heterocycles. The molecule has 0 aliphatic carbocycles. The molecule has 2 N–H and O–H groups in total. The Kier molecular flexibility index (Phi) is 4.51. The van der Waals surface area contributed by atoms with Gasteiger partial charge in [-0.3, -0.25) is 9.69 Å². The molecule has 2 aliphatic rings. The van der Waals surface area contributed by atoms with Gasteiger partial charge in [-0.2, -0.15) is 0 Å². The van der Waals surface area contributed by atoms with Crippen molar-refractivity contribution in [2.75, 3.05) is 31.5 Å². The number of benzene rings is 1. The average Bonchev–Trinajstić information content (AvgIpc) is 2.96. The number of fused-ring (bicyclic) bond motifs is 1. The number of carbonyl (C=O) groups is 1. The van der Waals surface area contributed by atoms with E-state index in [0.717, 1.165) is 32.1 Å². The molecule has 114 valence electrons. The van der Waals surface area contributed by atoms with E-state index in [2.05, 4.69) is 15.5 Å². The molecule has 2 saturated heterocycles. The van der Waals surface area contributed by atoms with Crippen LogP contribution >= 0.6 is 0 Å². The quantitative estimate of drug-likeness (QED) is 0.889. The van der Waals surface area contributed by atoms with Crippen LogP contribution in [0.25, 0.3) is 0 Å². The number of halogens is 1. The Balaban J connectivity index is 1.50. The van der Waals surface area contributed by atoms with Gasteiger partial charge in [-0.05, 0) is 44.0 Å². The second kappa shape index (κ2) is 6.54. The molecule has 0 saturated carbocycles. The maximum Gasteiger partial charge on any atom is 0.225 e. The van der Waals surface area contributed by atoms with Gasteiger partial charge in [0.05, 0.1) is 5.69 Å². The maximum atomic E-state index is 13.5. The lowest BCUT2D eigenvalue weighted by Gasteiger charge is -2.36. The molecule has 4 nitrogen and oxygen atoms in total. The first-order valence-electron chi connectivity index (χ1n) is 7.73. The standard InChI is InChI=1S/C16H22FN3O/c17-13-5-1-2-6-14(13)19-16(21)7-9-20-8-3-4-12-10-18-11-15(12)20/h1-2,5-6,12,15,18H,3-4,7-11H2,(H,19,21). The van der Waals surface area contributed by atoms with Crippen LogP contribution in [0.5, 0.6) is 0 Å². The lowest BCUT2D eigenvalue weighted by atomic mass is 9.92. The van der Waals surface area contributed by atoms with Crippen LogP contribution in [0.1, 0.15) is 19.3 Å². The summed E-state index contributed by atoms with van der Waals surface area (Å²) < 4.78 is 13.5. The topological polar surface area (TPSA) is 44.4 Å². The second-order valence-corrected chi connectivity index (χ2v) is 5.94. The highest BCUT2D eigenvalue weighted by Crippen LogP contribution is 2.26. The van der Waals surface area contributed by atoms with Gasteiger partial charge in [-0.1, -0.05) is 12.1 Å². The number of amides is 1. The third kappa shape index (κ3) is 3.41. The molecule has 2 atom stereocenters. The largest absolute Gasteiger partial charge is 0.324 e. The third-order valence-corrected chi connectivity index (χ3v) is 4.57. The molecular weight excluding hydrogens is 269 g/mol. The van der Waals surface area contributed by atoms with Gasteiger partial charge in [0.2, 0.25) is 5.91 Å². The molecule has 1 aromatic rings. The van der Waals surface area contributed by atoms with Gasteiger partial charge in [0.15, 0.2) is 0 Å². The predicted molar refractivity (Wildman–Crippen MR) is 80.6 cm³/mol. The summed E-state index contributed by atoms with van der Waals surface area (Å²) in [5.74, 6) is 0.227. The average molecular weight is 291 g/mol. The molecule has 0 bridgehead atoms. The second-order valence-electron chi connectivity index (χ2n) is 5.94. The summed E-state index contributed by atoms with van der Waals surface area (Å²) in [4.78, 5) is 14.4. The van der Waals surface area contributed by atoms with Crippen LogP contribution < -0.4 is 10.6 Å². The summed E-state index contributed by atoms with van der Waals surface area (Å²) in [5, 5.41) is 6.09. The van der Waals surface area contributed by atoms with Crippen molar-refractivity contribution in [2.24, 2.45) is 5.92 Å². The summed E-state index contributed by atoms with van der Waals surface area (Å²) in [5.41, 5.74) is 0.265. The molecule has 1 amide bonds. The summed E-state index contributed by atoms with van der Waals surface area (Å²) in [6.07, 6.45) is 2.91. The Hall–Kier alpha value is -1.46. The smallest absolute Gasteiger partial charge is 0.225 e.